The van der Waals surface area contributed by atoms with Gasteiger partial charge in [0.1, 0.15) is 11.8 Å². The Morgan fingerprint density at radius 2 is 1.88 bits per heavy atom. The van der Waals surface area contributed by atoms with E-state index in [0.717, 1.165) is 6.07 Å². The van der Waals surface area contributed by atoms with Gasteiger partial charge in [0.25, 0.3) is 0 Å². The van der Waals surface area contributed by atoms with Crippen LogP contribution in [0.2, 0.25) is 5.02 Å². The monoisotopic (exact) mass is 369 g/mol. The lowest BCUT2D eigenvalue weighted by molar-refractivity contribution is -0.137. The van der Waals surface area contributed by atoms with Crippen molar-refractivity contribution in [1.29, 1.82) is 0 Å². The minimum absolute atomic E-state index is 0.109. The van der Waals surface area contributed by atoms with Crippen molar-refractivity contribution in [3.8, 4) is 11.3 Å². The van der Waals surface area contributed by atoms with Crippen LogP contribution in [0, 0.1) is 0 Å². The standard InChI is InChI=1S/C16H11ClF3N3O2/c1-8-13(22-23-15(24)25-8)10-6-12(16(18,19)20)14(21-7-10)9-2-4-11(17)5-3-9/h2-8H,1H3,(H,23,24). The van der Waals surface area contributed by atoms with Crippen LogP contribution in [0.4, 0.5) is 18.0 Å². The molecule has 0 bridgehead atoms. The Hall–Kier alpha value is -2.61. The molecule has 1 aliphatic heterocycles. The Bertz CT molecular complexity index is 851. The third-order valence-electron chi connectivity index (χ3n) is 3.54. The average Bonchev–Trinajstić information content (AvgIpc) is 2.54. The minimum Gasteiger partial charge on any atom is -0.439 e. The Labute approximate surface area is 145 Å². The summed E-state index contributed by atoms with van der Waals surface area (Å²) in [6, 6.07) is 6.84. The zero-order valence-electron chi connectivity index (χ0n) is 12.8. The molecule has 1 aromatic heterocycles. The van der Waals surface area contributed by atoms with Gasteiger partial charge in [0.2, 0.25) is 0 Å². The maximum atomic E-state index is 13.5. The normalized spacial score (nSPS) is 17.6. The van der Waals surface area contributed by atoms with Gasteiger partial charge < -0.3 is 4.74 Å². The molecule has 0 spiro atoms. The third-order valence-corrected chi connectivity index (χ3v) is 3.80. The quantitative estimate of drug-likeness (QED) is 0.860. The first-order valence-corrected chi connectivity index (χ1v) is 7.51. The lowest BCUT2D eigenvalue weighted by atomic mass is 10.0. The van der Waals surface area contributed by atoms with Crippen LogP contribution in [0.1, 0.15) is 18.1 Å². The summed E-state index contributed by atoms with van der Waals surface area (Å²) in [6.07, 6.45) is -4.92. The summed E-state index contributed by atoms with van der Waals surface area (Å²) in [5.74, 6) is 0. The van der Waals surface area contributed by atoms with Crippen molar-refractivity contribution >= 4 is 23.4 Å². The van der Waals surface area contributed by atoms with Gasteiger partial charge in [-0.25, -0.2) is 10.2 Å². The fraction of sp³-hybridized carbons (Fsp3) is 0.188. The van der Waals surface area contributed by atoms with E-state index in [2.05, 4.69) is 15.5 Å². The number of nitrogens with zero attached hydrogens (tertiary/aromatic N) is 2. The Morgan fingerprint density at radius 3 is 2.48 bits per heavy atom. The molecule has 9 heteroatoms. The van der Waals surface area contributed by atoms with Gasteiger partial charge in [0, 0.05) is 22.3 Å². The number of amides is 1. The molecule has 1 aliphatic rings. The van der Waals surface area contributed by atoms with Crippen LogP contribution in [0.5, 0.6) is 0 Å². The first kappa shape index (κ1) is 17.2. The number of hydrazone groups is 1. The molecule has 0 fully saturated rings. The SMILES string of the molecule is CC1OC(=O)NN=C1c1cnc(-c2ccc(Cl)cc2)c(C(F)(F)F)c1. The number of alkyl halides is 3. The van der Waals surface area contributed by atoms with E-state index in [1.54, 1.807) is 0 Å². The van der Waals surface area contributed by atoms with Crippen LogP contribution in [-0.4, -0.2) is 22.9 Å². The number of benzene rings is 1. The summed E-state index contributed by atoms with van der Waals surface area (Å²) < 4.78 is 45.4. The van der Waals surface area contributed by atoms with Gasteiger partial charge in [-0.2, -0.15) is 18.3 Å². The van der Waals surface area contributed by atoms with Crippen molar-refractivity contribution in [2.75, 3.05) is 0 Å². The highest BCUT2D eigenvalue weighted by atomic mass is 35.5. The summed E-state index contributed by atoms with van der Waals surface area (Å²) in [6.45, 7) is 1.51. The van der Waals surface area contributed by atoms with E-state index in [-0.39, 0.29) is 22.5 Å². The van der Waals surface area contributed by atoms with Gasteiger partial charge in [-0.15, -0.1) is 0 Å². The van der Waals surface area contributed by atoms with Gasteiger partial charge in [-0.1, -0.05) is 23.7 Å². The predicted octanol–water partition coefficient (Wildman–Crippen LogP) is 4.25. The second-order valence-corrected chi connectivity index (χ2v) is 5.72. The topological polar surface area (TPSA) is 63.6 Å². The first-order chi connectivity index (χ1) is 11.8. The Balaban J connectivity index is 2.10. The number of pyridine rings is 1. The van der Waals surface area contributed by atoms with Crippen molar-refractivity contribution in [1.82, 2.24) is 10.4 Å². The Kier molecular flexibility index (Phi) is 4.38. The van der Waals surface area contributed by atoms with E-state index in [9.17, 15) is 18.0 Å². The number of carbonyl (C=O) groups excluding carboxylic acids is 1. The third kappa shape index (κ3) is 3.58. The molecular formula is C16H11ClF3N3O2. The van der Waals surface area contributed by atoms with Crippen LogP contribution in [0.15, 0.2) is 41.6 Å². The van der Waals surface area contributed by atoms with E-state index in [1.807, 2.05) is 0 Å². The van der Waals surface area contributed by atoms with Gasteiger partial charge in [0.15, 0.2) is 0 Å². The predicted molar refractivity (Wildman–Crippen MR) is 85.3 cm³/mol. The van der Waals surface area contributed by atoms with Gasteiger partial charge >= 0.3 is 12.3 Å². The maximum absolute atomic E-state index is 13.5. The summed E-state index contributed by atoms with van der Waals surface area (Å²) in [5, 5.41) is 4.18. The van der Waals surface area contributed by atoms with E-state index < -0.39 is 23.9 Å². The molecule has 1 aromatic carbocycles. The molecule has 1 atom stereocenters. The molecule has 1 N–H and O–H groups in total. The molecule has 1 amide bonds. The van der Waals surface area contributed by atoms with E-state index in [4.69, 9.17) is 16.3 Å². The molecule has 5 nitrogen and oxygen atoms in total. The number of rotatable bonds is 2. The van der Waals surface area contributed by atoms with E-state index in [1.165, 1.54) is 37.4 Å². The molecule has 3 rings (SSSR count). The summed E-state index contributed by atoms with van der Waals surface area (Å²) in [5.41, 5.74) is 1.48. The molecule has 1 unspecified atom stereocenters. The van der Waals surface area contributed by atoms with E-state index in [0.29, 0.717) is 5.02 Å². The summed E-state index contributed by atoms with van der Waals surface area (Å²) in [7, 11) is 0. The van der Waals surface area contributed by atoms with Crippen molar-refractivity contribution in [3.05, 3.63) is 52.7 Å². The Morgan fingerprint density at radius 1 is 1.20 bits per heavy atom. The van der Waals surface area contributed by atoms with Crippen LogP contribution in [0.3, 0.4) is 0 Å². The highest BCUT2D eigenvalue weighted by Gasteiger charge is 2.36. The van der Waals surface area contributed by atoms with Crippen molar-refractivity contribution in [3.63, 3.8) is 0 Å². The average molecular weight is 370 g/mol. The number of cyclic esters (lactones) is 1. The molecule has 25 heavy (non-hydrogen) atoms. The second kappa shape index (κ2) is 6.36. The zero-order valence-corrected chi connectivity index (χ0v) is 13.5. The minimum atomic E-state index is -4.62. The number of hydrogen-bond acceptors (Lipinski definition) is 4. The molecule has 2 heterocycles. The molecule has 0 saturated heterocycles. The van der Waals surface area contributed by atoms with Crippen LogP contribution in [0.25, 0.3) is 11.3 Å². The van der Waals surface area contributed by atoms with Crippen molar-refractivity contribution in [2.24, 2.45) is 5.10 Å². The van der Waals surface area contributed by atoms with Crippen LogP contribution in [-0.2, 0) is 10.9 Å². The smallest absolute Gasteiger partial charge is 0.428 e. The molecule has 0 radical (unpaired) electrons. The van der Waals surface area contributed by atoms with Crippen LogP contribution >= 0.6 is 11.6 Å². The fourth-order valence-electron chi connectivity index (χ4n) is 2.40. The van der Waals surface area contributed by atoms with Crippen molar-refractivity contribution < 1.29 is 22.7 Å². The zero-order chi connectivity index (χ0) is 18.2. The molecule has 0 saturated carbocycles. The van der Waals surface area contributed by atoms with Gasteiger partial charge in [-0.3, -0.25) is 4.98 Å². The number of nitrogens with one attached hydrogen (secondary N) is 1. The first-order valence-electron chi connectivity index (χ1n) is 7.13. The number of carbonyl (C=O) groups is 1. The highest BCUT2D eigenvalue weighted by Crippen LogP contribution is 2.37. The van der Waals surface area contributed by atoms with Gasteiger partial charge in [-0.05, 0) is 25.1 Å². The lowest BCUT2D eigenvalue weighted by Crippen LogP contribution is -2.37. The number of aromatic nitrogens is 1. The molecule has 130 valence electrons. The van der Waals surface area contributed by atoms with Crippen molar-refractivity contribution in [2.45, 2.75) is 19.2 Å². The molecule has 0 aliphatic carbocycles. The maximum Gasteiger partial charge on any atom is 0.428 e. The largest absolute Gasteiger partial charge is 0.439 e. The highest BCUT2D eigenvalue weighted by molar-refractivity contribution is 6.30. The summed E-state index contributed by atoms with van der Waals surface area (Å²) in [4.78, 5) is 15.1. The molecular weight excluding hydrogens is 359 g/mol. The molecule has 2 aromatic rings. The summed E-state index contributed by atoms with van der Waals surface area (Å²) >= 11 is 5.78. The lowest BCUT2D eigenvalue weighted by Gasteiger charge is -2.21. The van der Waals surface area contributed by atoms with Gasteiger partial charge in [0.05, 0.1) is 11.3 Å². The van der Waals surface area contributed by atoms with Crippen LogP contribution < -0.4 is 5.43 Å². The number of halogens is 4. The number of hydrogen-bond donors (Lipinski definition) is 1. The van der Waals surface area contributed by atoms with E-state index >= 15 is 0 Å². The second-order valence-electron chi connectivity index (χ2n) is 5.28. The number of ether oxygens (including phenoxy) is 1. The fourth-order valence-corrected chi connectivity index (χ4v) is 2.52.